The van der Waals surface area contributed by atoms with E-state index in [0.29, 0.717) is 16.8 Å². The fraction of sp³-hybridized carbons (Fsp3) is 0.0455. The fourth-order valence-electron chi connectivity index (χ4n) is 2.92. The summed E-state index contributed by atoms with van der Waals surface area (Å²) in [7, 11) is 0. The molecule has 140 valence electrons. The summed E-state index contributed by atoms with van der Waals surface area (Å²) in [5.41, 5.74) is 15.6. The number of carbonyl (C=O) groups excluding carboxylic acids is 1. The van der Waals surface area contributed by atoms with E-state index in [2.05, 4.69) is 5.32 Å². The minimum atomic E-state index is -0.147. The highest BCUT2D eigenvalue weighted by Crippen LogP contribution is 2.25. The molecular weight excluding hydrogens is 350 g/mol. The number of nitrogens with one attached hydrogen (secondary N) is 3. The molecule has 0 fully saturated rings. The molecule has 0 atom stereocenters. The number of amidine groups is 2. The van der Waals surface area contributed by atoms with Crippen LogP contribution in [0.4, 0.5) is 5.69 Å². The van der Waals surface area contributed by atoms with Crippen molar-refractivity contribution in [1.29, 1.82) is 10.8 Å². The normalized spacial score (nSPS) is 10.3. The van der Waals surface area contributed by atoms with Crippen LogP contribution in [0.3, 0.4) is 0 Å². The van der Waals surface area contributed by atoms with Crippen molar-refractivity contribution in [2.45, 2.75) is 6.42 Å². The van der Waals surface area contributed by atoms with Gasteiger partial charge in [-0.05, 0) is 47.0 Å². The highest BCUT2D eigenvalue weighted by molar-refractivity contribution is 5.98. The molecule has 7 N–H and O–H groups in total. The molecule has 0 spiro atoms. The number of amides is 1. The van der Waals surface area contributed by atoms with E-state index in [1.165, 1.54) is 0 Å². The SMILES string of the molecule is N=C(N)c1ccc(NC(=O)Cc2ccccc2-c2cccc(C(=N)N)c2)cc1. The highest BCUT2D eigenvalue weighted by Gasteiger charge is 2.11. The number of carbonyl (C=O) groups is 1. The van der Waals surface area contributed by atoms with Crippen molar-refractivity contribution in [2.75, 3.05) is 5.32 Å². The molecule has 6 heteroatoms. The van der Waals surface area contributed by atoms with Gasteiger partial charge in [-0.15, -0.1) is 0 Å². The van der Waals surface area contributed by atoms with E-state index < -0.39 is 0 Å². The Labute approximate surface area is 163 Å². The summed E-state index contributed by atoms with van der Waals surface area (Å²) in [5, 5.41) is 17.9. The van der Waals surface area contributed by atoms with Crippen LogP contribution in [0.15, 0.2) is 72.8 Å². The molecule has 0 aromatic heterocycles. The van der Waals surface area contributed by atoms with E-state index in [-0.39, 0.29) is 24.0 Å². The average Bonchev–Trinajstić information content (AvgIpc) is 2.69. The number of rotatable bonds is 6. The first kappa shape index (κ1) is 18.8. The molecule has 0 aliphatic heterocycles. The third-order valence-electron chi connectivity index (χ3n) is 4.33. The molecule has 1 amide bonds. The van der Waals surface area contributed by atoms with Crippen LogP contribution >= 0.6 is 0 Å². The van der Waals surface area contributed by atoms with Gasteiger partial charge in [0.05, 0.1) is 6.42 Å². The van der Waals surface area contributed by atoms with Gasteiger partial charge in [-0.3, -0.25) is 15.6 Å². The standard InChI is InChI=1S/C22H21N5O/c23-21(24)14-8-10-18(11-9-14)27-20(28)13-16-4-1-2-7-19(16)15-5-3-6-17(12-15)22(25)26/h1-12H,13H2,(H3,23,24)(H3,25,26)(H,27,28). The van der Waals surface area contributed by atoms with Gasteiger partial charge in [-0.1, -0.05) is 42.5 Å². The minimum Gasteiger partial charge on any atom is -0.384 e. The predicted octanol–water partition coefficient (Wildman–Crippen LogP) is 3.10. The molecule has 0 bridgehead atoms. The van der Waals surface area contributed by atoms with Crippen LogP contribution in [0.5, 0.6) is 0 Å². The van der Waals surface area contributed by atoms with Gasteiger partial charge in [0.1, 0.15) is 11.7 Å². The largest absolute Gasteiger partial charge is 0.384 e. The Hall–Kier alpha value is -3.93. The molecule has 28 heavy (non-hydrogen) atoms. The lowest BCUT2D eigenvalue weighted by atomic mass is 9.96. The molecule has 6 nitrogen and oxygen atoms in total. The molecule has 0 unspecified atom stereocenters. The van der Waals surface area contributed by atoms with E-state index in [1.807, 2.05) is 42.5 Å². The number of nitrogen functional groups attached to an aromatic ring is 2. The van der Waals surface area contributed by atoms with Gasteiger partial charge in [0.15, 0.2) is 0 Å². The first-order valence-corrected chi connectivity index (χ1v) is 8.71. The first-order chi connectivity index (χ1) is 13.4. The molecular formula is C22H21N5O. The number of nitrogens with two attached hydrogens (primary N) is 2. The first-order valence-electron chi connectivity index (χ1n) is 8.71. The Morgan fingerprint density at radius 2 is 1.50 bits per heavy atom. The second kappa shape index (κ2) is 8.18. The van der Waals surface area contributed by atoms with E-state index in [4.69, 9.17) is 22.3 Å². The van der Waals surface area contributed by atoms with Gasteiger partial charge in [0.2, 0.25) is 5.91 Å². The Morgan fingerprint density at radius 3 is 2.18 bits per heavy atom. The zero-order chi connectivity index (χ0) is 20.1. The van der Waals surface area contributed by atoms with Crippen LogP contribution in [-0.4, -0.2) is 17.6 Å². The summed E-state index contributed by atoms with van der Waals surface area (Å²) in [6, 6.07) is 21.9. The zero-order valence-electron chi connectivity index (χ0n) is 15.2. The van der Waals surface area contributed by atoms with E-state index in [1.54, 1.807) is 30.3 Å². The Balaban J connectivity index is 1.79. The van der Waals surface area contributed by atoms with Crippen molar-refractivity contribution in [3.63, 3.8) is 0 Å². The van der Waals surface area contributed by atoms with Gasteiger partial charge in [0, 0.05) is 16.8 Å². The quantitative estimate of drug-likeness (QED) is 0.337. The third kappa shape index (κ3) is 4.42. The lowest BCUT2D eigenvalue weighted by Gasteiger charge is -2.11. The molecule has 0 radical (unpaired) electrons. The van der Waals surface area contributed by atoms with Crippen LogP contribution in [0.2, 0.25) is 0 Å². The Bertz CT molecular complexity index is 1040. The van der Waals surface area contributed by atoms with Crippen LogP contribution in [0.25, 0.3) is 11.1 Å². The van der Waals surface area contributed by atoms with E-state index >= 15 is 0 Å². The number of hydrogen-bond acceptors (Lipinski definition) is 3. The van der Waals surface area contributed by atoms with Crippen LogP contribution in [-0.2, 0) is 11.2 Å². The summed E-state index contributed by atoms with van der Waals surface area (Å²) in [6.07, 6.45) is 0.203. The van der Waals surface area contributed by atoms with E-state index in [9.17, 15) is 4.79 Å². The summed E-state index contributed by atoms with van der Waals surface area (Å²) in [6.45, 7) is 0. The summed E-state index contributed by atoms with van der Waals surface area (Å²) < 4.78 is 0. The second-order valence-electron chi connectivity index (χ2n) is 6.37. The van der Waals surface area contributed by atoms with Gasteiger partial charge >= 0.3 is 0 Å². The number of benzene rings is 3. The summed E-state index contributed by atoms with van der Waals surface area (Å²) >= 11 is 0. The maximum absolute atomic E-state index is 12.5. The lowest BCUT2D eigenvalue weighted by Crippen LogP contribution is -2.15. The molecule has 0 heterocycles. The molecule has 0 aliphatic rings. The molecule has 3 aromatic rings. The van der Waals surface area contributed by atoms with Crippen molar-refractivity contribution < 1.29 is 4.79 Å². The van der Waals surface area contributed by atoms with Gasteiger partial charge < -0.3 is 16.8 Å². The average molecular weight is 371 g/mol. The van der Waals surface area contributed by atoms with Crippen molar-refractivity contribution in [1.82, 2.24) is 0 Å². The number of anilines is 1. The highest BCUT2D eigenvalue weighted by atomic mass is 16.1. The zero-order valence-corrected chi connectivity index (χ0v) is 15.2. The third-order valence-corrected chi connectivity index (χ3v) is 4.33. The lowest BCUT2D eigenvalue weighted by molar-refractivity contribution is -0.115. The van der Waals surface area contributed by atoms with Gasteiger partial charge in [-0.2, -0.15) is 0 Å². The van der Waals surface area contributed by atoms with Crippen LogP contribution in [0, 0.1) is 10.8 Å². The second-order valence-corrected chi connectivity index (χ2v) is 6.37. The monoisotopic (exact) mass is 371 g/mol. The van der Waals surface area contributed by atoms with Gasteiger partial charge in [-0.25, -0.2) is 0 Å². The molecule has 0 saturated carbocycles. The van der Waals surface area contributed by atoms with Crippen molar-refractivity contribution >= 4 is 23.3 Å². The molecule has 0 saturated heterocycles. The molecule has 3 rings (SSSR count). The van der Waals surface area contributed by atoms with Gasteiger partial charge in [0.25, 0.3) is 0 Å². The summed E-state index contributed by atoms with van der Waals surface area (Å²) in [4.78, 5) is 12.5. The van der Waals surface area contributed by atoms with Crippen molar-refractivity contribution in [2.24, 2.45) is 11.5 Å². The predicted molar refractivity (Wildman–Crippen MR) is 113 cm³/mol. The number of hydrogen-bond donors (Lipinski definition) is 5. The smallest absolute Gasteiger partial charge is 0.228 e. The topological polar surface area (TPSA) is 129 Å². The summed E-state index contributed by atoms with van der Waals surface area (Å²) in [5.74, 6) is -0.156. The van der Waals surface area contributed by atoms with Crippen molar-refractivity contribution in [3.05, 3.63) is 89.5 Å². The van der Waals surface area contributed by atoms with Crippen LogP contribution in [0.1, 0.15) is 16.7 Å². The minimum absolute atomic E-state index is 0.00563. The van der Waals surface area contributed by atoms with Crippen molar-refractivity contribution in [3.8, 4) is 11.1 Å². The van der Waals surface area contributed by atoms with Crippen LogP contribution < -0.4 is 16.8 Å². The maximum atomic E-state index is 12.5. The molecule has 0 aliphatic carbocycles. The Morgan fingerprint density at radius 1 is 0.821 bits per heavy atom. The fourth-order valence-corrected chi connectivity index (χ4v) is 2.92. The maximum Gasteiger partial charge on any atom is 0.228 e. The Kier molecular flexibility index (Phi) is 5.50. The van der Waals surface area contributed by atoms with E-state index in [0.717, 1.165) is 16.7 Å². The molecule has 3 aromatic carbocycles.